The zero-order valence-corrected chi connectivity index (χ0v) is 13.2. The summed E-state index contributed by atoms with van der Waals surface area (Å²) in [7, 11) is 0. The van der Waals surface area contributed by atoms with Gasteiger partial charge in [0, 0.05) is 17.9 Å². The summed E-state index contributed by atoms with van der Waals surface area (Å²) in [6.07, 6.45) is 1.05. The molecule has 4 rings (SSSR count). The minimum absolute atomic E-state index is 0.898. The highest BCUT2D eigenvalue weighted by atomic mass is 15.2. The monoisotopic (exact) mass is 301 g/mol. The van der Waals surface area contributed by atoms with Gasteiger partial charge in [-0.25, -0.2) is 4.98 Å². The number of para-hydroxylation sites is 2. The van der Waals surface area contributed by atoms with E-state index in [1.165, 1.54) is 16.8 Å². The average molecular weight is 301 g/mol. The van der Waals surface area contributed by atoms with E-state index in [9.17, 15) is 0 Å². The first-order valence-corrected chi connectivity index (χ1v) is 7.96. The largest absolute Gasteiger partial charge is 0.340 e. The lowest BCUT2D eigenvalue weighted by Gasteiger charge is -2.19. The van der Waals surface area contributed by atoms with Crippen LogP contribution in [0.4, 0.5) is 23.0 Å². The summed E-state index contributed by atoms with van der Waals surface area (Å²) in [6.45, 7) is 3.16. The molecule has 0 saturated carbocycles. The quantitative estimate of drug-likeness (QED) is 0.751. The third kappa shape index (κ3) is 2.66. The maximum absolute atomic E-state index is 4.88. The molecular weight excluding hydrogens is 282 g/mol. The van der Waals surface area contributed by atoms with E-state index in [1.807, 2.05) is 24.3 Å². The second-order valence-corrected chi connectivity index (χ2v) is 5.85. The van der Waals surface area contributed by atoms with Crippen molar-refractivity contribution in [1.82, 2.24) is 4.98 Å². The van der Waals surface area contributed by atoms with Gasteiger partial charge in [-0.15, -0.1) is 0 Å². The van der Waals surface area contributed by atoms with E-state index in [0.717, 1.165) is 30.3 Å². The Balaban J connectivity index is 1.71. The van der Waals surface area contributed by atoms with Crippen molar-refractivity contribution in [1.29, 1.82) is 0 Å². The van der Waals surface area contributed by atoms with Crippen LogP contribution >= 0.6 is 0 Å². The Kier molecular flexibility index (Phi) is 3.46. The standard InChI is InChI=1S/C20H19N3/c1-15-14-19(21-16-8-4-2-5-9-16)22-20-18(15)12-13-23(20)17-10-6-3-7-11-17/h2-11,14H,12-13H2,1H3,(H,21,22). The number of rotatable bonds is 3. The zero-order valence-electron chi connectivity index (χ0n) is 13.2. The fourth-order valence-corrected chi connectivity index (χ4v) is 3.14. The van der Waals surface area contributed by atoms with Crippen LogP contribution in [0.25, 0.3) is 0 Å². The molecule has 2 aromatic carbocycles. The van der Waals surface area contributed by atoms with E-state index >= 15 is 0 Å². The van der Waals surface area contributed by atoms with Crippen LogP contribution in [0.3, 0.4) is 0 Å². The Morgan fingerprint density at radius 3 is 2.39 bits per heavy atom. The van der Waals surface area contributed by atoms with Crippen molar-refractivity contribution >= 4 is 23.0 Å². The molecule has 0 atom stereocenters. The van der Waals surface area contributed by atoms with E-state index in [0.29, 0.717) is 0 Å². The Labute approximate surface area is 136 Å². The van der Waals surface area contributed by atoms with Crippen LogP contribution in [0.2, 0.25) is 0 Å². The second kappa shape index (κ2) is 5.76. The van der Waals surface area contributed by atoms with Gasteiger partial charge < -0.3 is 10.2 Å². The number of benzene rings is 2. The fraction of sp³-hybridized carbons (Fsp3) is 0.150. The molecule has 0 unspecified atom stereocenters. The number of anilines is 4. The molecule has 2 heterocycles. The summed E-state index contributed by atoms with van der Waals surface area (Å²) < 4.78 is 0. The van der Waals surface area contributed by atoms with Gasteiger partial charge >= 0.3 is 0 Å². The molecule has 0 spiro atoms. The SMILES string of the molecule is Cc1cc(Nc2ccccc2)nc2c1CCN2c1ccccc1. The summed E-state index contributed by atoms with van der Waals surface area (Å²) >= 11 is 0. The molecule has 3 nitrogen and oxygen atoms in total. The van der Waals surface area contributed by atoms with Gasteiger partial charge in [0.05, 0.1) is 0 Å². The maximum Gasteiger partial charge on any atom is 0.138 e. The highest BCUT2D eigenvalue weighted by molar-refractivity contribution is 5.71. The summed E-state index contributed by atoms with van der Waals surface area (Å²) in [6, 6.07) is 22.8. The lowest BCUT2D eigenvalue weighted by molar-refractivity contribution is 0.988. The van der Waals surface area contributed by atoms with Gasteiger partial charge in [-0.1, -0.05) is 36.4 Å². The van der Waals surface area contributed by atoms with Crippen molar-refractivity contribution < 1.29 is 0 Å². The molecule has 0 radical (unpaired) electrons. The van der Waals surface area contributed by atoms with E-state index in [2.05, 4.69) is 59.6 Å². The molecule has 23 heavy (non-hydrogen) atoms. The summed E-state index contributed by atoms with van der Waals surface area (Å²) in [5.41, 5.74) is 4.91. The van der Waals surface area contributed by atoms with Crippen molar-refractivity contribution in [2.45, 2.75) is 13.3 Å². The highest BCUT2D eigenvalue weighted by Gasteiger charge is 2.24. The van der Waals surface area contributed by atoms with Crippen LogP contribution in [0.1, 0.15) is 11.1 Å². The topological polar surface area (TPSA) is 28.2 Å². The number of nitrogens with one attached hydrogen (secondary N) is 1. The van der Waals surface area contributed by atoms with Gasteiger partial charge in [0.1, 0.15) is 11.6 Å². The molecule has 3 aromatic rings. The molecule has 0 saturated heterocycles. The van der Waals surface area contributed by atoms with Crippen molar-refractivity contribution in [3.63, 3.8) is 0 Å². The maximum atomic E-state index is 4.88. The van der Waals surface area contributed by atoms with E-state index in [-0.39, 0.29) is 0 Å². The molecule has 0 bridgehead atoms. The second-order valence-electron chi connectivity index (χ2n) is 5.85. The van der Waals surface area contributed by atoms with Crippen molar-refractivity contribution in [2.75, 3.05) is 16.8 Å². The van der Waals surface area contributed by atoms with Gasteiger partial charge in [0.15, 0.2) is 0 Å². The van der Waals surface area contributed by atoms with Gasteiger partial charge in [-0.05, 0) is 54.8 Å². The highest BCUT2D eigenvalue weighted by Crippen LogP contribution is 2.36. The van der Waals surface area contributed by atoms with E-state index < -0.39 is 0 Å². The minimum Gasteiger partial charge on any atom is -0.340 e. The molecule has 0 aliphatic carbocycles. The van der Waals surface area contributed by atoms with Crippen molar-refractivity contribution in [3.8, 4) is 0 Å². The molecule has 0 fully saturated rings. The van der Waals surface area contributed by atoms with Crippen LogP contribution in [-0.4, -0.2) is 11.5 Å². The number of hydrogen-bond donors (Lipinski definition) is 1. The Bertz CT molecular complexity index is 813. The van der Waals surface area contributed by atoms with Crippen molar-refractivity contribution in [2.24, 2.45) is 0 Å². The number of fused-ring (bicyclic) bond motifs is 1. The third-order valence-electron chi connectivity index (χ3n) is 4.28. The predicted octanol–water partition coefficient (Wildman–Crippen LogP) is 4.83. The van der Waals surface area contributed by atoms with E-state index in [4.69, 9.17) is 4.98 Å². The smallest absolute Gasteiger partial charge is 0.138 e. The normalized spacial score (nSPS) is 13.0. The van der Waals surface area contributed by atoms with Crippen LogP contribution in [0.15, 0.2) is 66.7 Å². The fourth-order valence-electron chi connectivity index (χ4n) is 3.14. The van der Waals surface area contributed by atoms with E-state index in [1.54, 1.807) is 0 Å². The summed E-state index contributed by atoms with van der Waals surface area (Å²) in [5.74, 6) is 1.98. The van der Waals surface area contributed by atoms with Gasteiger partial charge in [-0.2, -0.15) is 0 Å². The zero-order chi connectivity index (χ0) is 15.6. The molecule has 3 heteroatoms. The van der Waals surface area contributed by atoms with Crippen LogP contribution < -0.4 is 10.2 Å². The van der Waals surface area contributed by atoms with Crippen LogP contribution in [0.5, 0.6) is 0 Å². The van der Waals surface area contributed by atoms with Gasteiger partial charge in [0.25, 0.3) is 0 Å². The summed E-state index contributed by atoms with van der Waals surface area (Å²) in [5, 5.41) is 3.41. The molecule has 1 aliphatic heterocycles. The lowest BCUT2D eigenvalue weighted by atomic mass is 10.1. The molecule has 114 valence electrons. The lowest BCUT2D eigenvalue weighted by Crippen LogP contribution is -2.14. The predicted molar refractivity (Wildman–Crippen MR) is 95.9 cm³/mol. The van der Waals surface area contributed by atoms with Gasteiger partial charge in [-0.3, -0.25) is 0 Å². The first kappa shape index (κ1) is 13.8. The Hall–Kier alpha value is -2.81. The number of aryl methyl sites for hydroxylation is 1. The van der Waals surface area contributed by atoms with Crippen molar-refractivity contribution in [3.05, 3.63) is 77.9 Å². The van der Waals surface area contributed by atoms with Crippen LogP contribution in [-0.2, 0) is 6.42 Å². The third-order valence-corrected chi connectivity index (χ3v) is 4.28. The average Bonchev–Trinajstić information content (AvgIpc) is 3.01. The molecule has 1 aromatic heterocycles. The summed E-state index contributed by atoms with van der Waals surface area (Å²) in [4.78, 5) is 7.19. The number of pyridine rings is 1. The number of hydrogen-bond acceptors (Lipinski definition) is 3. The van der Waals surface area contributed by atoms with Crippen LogP contribution in [0, 0.1) is 6.92 Å². The number of nitrogens with zero attached hydrogens (tertiary/aromatic N) is 2. The minimum atomic E-state index is 0.898. The first-order valence-electron chi connectivity index (χ1n) is 7.96. The molecule has 1 N–H and O–H groups in total. The molecule has 0 amide bonds. The molecular formula is C20H19N3. The number of aromatic nitrogens is 1. The first-order chi connectivity index (χ1) is 11.3. The van der Waals surface area contributed by atoms with Gasteiger partial charge in [0.2, 0.25) is 0 Å². The Morgan fingerprint density at radius 1 is 0.957 bits per heavy atom. The Morgan fingerprint density at radius 2 is 1.65 bits per heavy atom. The molecule has 1 aliphatic rings.